The van der Waals surface area contributed by atoms with Gasteiger partial charge < -0.3 is 10.1 Å². The van der Waals surface area contributed by atoms with E-state index < -0.39 is 0 Å². The van der Waals surface area contributed by atoms with Crippen LogP contribution in [0.4, 0.5) is 11.4 Å². The summed E-state index contributed by atoms with van der Waals surface area (Å²) >= 11 is 3.59. The minimum atomic E-state index is 0.806. The van der Waals surface area contributed by atoms with E-state index in [4.69, 9.17) is 4.74 Å². The second-order valence-electron chi connectivity index (χ2n) is 6.39. The van der Waals surface area contributed by atoms with E-state index in [9.17, 15) is 0 Å². The number of para-hydroxylation sites is 2. The summed E-state index contributed by atoms with van der Waals surface area (Å²) in [6, 6.07) is 18.6. The number of aryl methyl sites for hydroxylation is 4. The Balaban J connectivity index is 1.93. The highest BCUT2D eigenvalue weighted by Gasteiger charge is 2.08. The van der Waals surface area contributed by atoms with Gasteiger partial charge in [0.2, 0.25) is 0 Å². The molecular weight excluding hydrogens is 374 g/mol. The third-order valence-corrected chi connectivity index (χ3v) is 4.71. The van der Waals surface area contributed by atoms with E-state index in [2.05, 4.69) is 85.3 Å². The molecule has 128 valence electrons. The molecule has 25 heavy (non-hydrogen) atoms. The molecule has 0 aromatic heterocycles. The van der Waals surface area contributed by atoms with Crippen molar-refractivity contribution >= 4 is 27.3 Å². The van der Waals surface area contributed by atoms with Crippen LogP contribution in [-0.4, -0.2) is 0 Å². The van der Waals surface area contributed by atoms with Crippen LogP contribution in [0, 0.1) is 27.7 Å². The molecule has 0 radical (unpaired) electrons. The highest BCUT2D eigenvalue weighted by Crippen LogP contribution is 2.34. The van der Waals surface area contributed by atoms with Crippen LogP contribution in [0.5, 0.6) is 11.5 Å². The molecule has 3 rings (SSSR count). The van der Waals surface area contributed by atoms with Gasteiger partial charge in [0.1, 0.15) is 11.5 Å². The molecule has 3 aromatic carbocycles. The highest BCUT2D eigenvalue weighted by atomic mass is 79.9. The van der Waals surface area contributed by atoms with Gasteiger partial charge >= 0.3 is 0 Å². The quantitative estimate of drug-likeness (QED) is 0.503. The Bertz CT molecular complexity index is 806. The fraction of sp³-hybridized carbons (Fsp3) is 0.182. The lowest BCUT2D eigenvalue weighted by molar-refractivity contribution is 0.475. The lowest BCUT2D eigenvalue weighted by atomic mass is 10.1. The molecule has 0 saturated carbocycles. The smallest absolute Gasteiger partial charge is 0.133 e. The Hall–Kier alpha value is -2.26. The molecule has 0 aliphatic heterocycles. The summed E-state index contributed by atoms with van der Waals surface area (Å²) in [5.74, 6) is 1.72. The van der Waals surface area contributed by atoms with Gasteiger partial charge in [-0.2, -0.15) is 0 Å². The molecule has 0 spiro atoms. The van der Waals surface area contributed by atoms with E-state index in [-0.39, 0.29) is 0 Å². The zero-order chi connectivity index (χ0) is 18.0. The fourth-order valence-electron chi connectivity index (χ4n) is 2.93. The van der Waals surface area contributed by atoms with Gasteiger partial charge in [-0.05, 0) is 62.1 Å². The second-order valence-corrected chi connectivity index (χ2v) is 7.31. The van der Waals surface area contributed by atoms with Gasteiger partial charge in [-0.15, -0.1) is 0 Å². The van der Waals surface area contributed by atoms with Crippen molar-refractivity contribution in [2.45, 2.75) is 27.7 Å². The Morgan fingerprint density at radius 2 is 1.32 bits per heavy atom. The number of rotatable bonds is 4. The molecule has 0 bridgehead atoms. The van der Waals surface area contributed by atoms with Gasteiger partial charge in [-0.1, -0.05) is 52.3 Å². The SMILES string of the molecule is Cc1cccc(C)c1Nc1cc(Br)cc(Oc2c(C)cccc2C)c1. The molecule has 0 heterocycles. The van der Waals surface area contributed by atoms with Gasteiger partial charge in [0.25, 0.3) is 0 Å². The number of hydrogen-bond acceptors (Lipinski definition) is 2. The van der Waals surface area contributed by atoms with Crippen molar-refractivity contribution in [3.63, 3.8) is 0 Å². The third kappa shape index (κ3) is 4.05. The molecular formula is C22H22BrNO. The first-order valence-electron chi connectivity index (χ1n) is 8.32. The van der Waals surface area contributed by atoms with E-state index in [1.54, 1.807) is 0 Å². The summed E-state index contributed by atoms with van der Waals surface area (Å²) in [4.78, 5) is 0. The maximum atomic E-state index is 6.19. The standard InChI is InChI=1S/C22H22BrNO/c1-14-7-5-8-15(2)21(14)24-19-11-18(23)12-20(13-19)25-22-16(3)9-6-10-17(22)4/h5-13,24H,1-4H3. The predicted octanol–water partition coefficient (Wildman–Crippen LogP) is 7.22. The topological polar surface area (TPSA) is 21.3 Å². The van der Waals surface area contributed by atoms with Gasteiger partial charge in [-0.3, -0.25) is 0 Å². The Morgan fingerprint density at radius 3 is 1.92 bits per heavy atom. The summed E-state index contributed by atoms with van der Waals surface area (Å²) < 4.78 is 7.17. The first kappa shape index (κ1) is 17.6. The number of anilines is 2. The number of hydrogen-bond donors (Lipinski definition) is 1. The van der Waals surface area contributed by atoms with E-state index in [0.717, 1.165) is 38.5 Å². The van der Waals surface area contributed by atoms with Gasteiger partial charge in [0.05, 0.1) is 0 Å². The van der Waals surface area contributed by atoms with Gasteiger partial charge in [0.15, 0.2) is 0 Å². The zero-order valence-corrected chi connectivity index (χ0v) is 16.6. The summed E-state index contributed by atoms with van der Waals surface area (Å²) in [6.07, 6.45) is 0. The van der Waals surface area contributed by atoms with Crippen molar-refractivity contribution in [3.05, 3.63) is 81.3 Å². The van der Waals surface area contributed by atoms with Crippen LogP contribution < -0.4 is 10.1 Å². The molecule has 0 aliphatic carbocycles. The molecule has 0 amide bonds. The van der Waals surface area contributed by atoms with Crippen molar-refractivity contribution in [1.29, 1.82) is 0 Å². The highest BCUT2D eigenvalue weighted by molar-refractivity contribution is 9.10. The van der Waals surface area contributed by atoms with E-state index in [1.807, 2.05) is 18.2 Å². The Kier molecular flexibility index (Phi) is 5.14. The van der Waals surface area contributed by atoms with E-state index in [0.29, 0.717) is 0 Å². The van der Waals surface area contributed by atoms with Crippen LogP contribution in [0.3, 0.4) is 0 Å². The van der Waals surface area contributed by atoms with Gasteiger partial charge in [-0.25, -0.2) is 0 Å². The molecule has 3 aromatic rings. The molecule has 0 fully saturated rings. The molecule has 3 heteroatoms. The number of benzene rings is 3. The average molecular weight is 396 g/mol. The monoisotopic (exact) mass is 395 g/mol. The van der Waals surface area contributed by atoms with Crippen molar-refractivity contribution in [3.8, 4) is 11.5 Å². The van der Waals surface area contributed by atoms with Gasteiger partial charge in [0, 0.05) is 21.9 Å². The minimum absolute atomic E-state index is 0.806. The van der Waals surface area contributed by atoms with Crippen LogP contribution >= 0.6 is 15.9 Å². The fourth-order valence-corrected chi connectivity index (χ4v) is 3.40. The number of ether oxygens (including phenoxy) is 1. The summed E-state index contributed by atoms with van der Waals surface area (Å²) in [5, 5.41) is 3.53. The van der Waals surface area contributed by atoms with Crippen molar-refractivity contribution < 1.29 is 4.74 Å². The normalized spacial score (nSPS) is 10.6. The molecule has 0 unspecified atom stereocenters. The maximum absolute atomic E-state index is 6.19. The van der Waals surface area contributed by atoms with Crippen LogP contribution in [0.2, 0.25) is 0 Å². The second kappa shape index (κ2) is 7.32. The minimum Gasteiger partial charge on any atom is -0.457 e. The number of halogens is 1. The number of nitrogens with one attached hydrogen (secondary N) is 1. The molecule has 0 atom stereocenters. The Labute approximate surface area is 158 Å². The van der Waals surface area contributed by atoms with E-state index >= 15 is 0 Å². The maximum Gasteiger partial charge on any atom is 0.133 e. The zero-order valence-electron chi connectivity index (χ0n) is 15.0. The summed E-state index contributed by atoms with van der Waals surface area (Å²) in [6.45, 7) is 8.36. The van der Waals surface area contributed by atoms with Crippen LogP contribution in [-0.2, 0) is 0 Å². The van der Waals surface area contributed by atoms with Crippen LogP contribution in [0.25, 0.3) is 0 Å². The Morgan fingerprint density at radius 1 is 0.760 bits per heavy atom. The van der Waals surface area contributed by atoms with Crippen molar-refractivity contribution in [1.82, 2.24) is 0 Å². The molecule has 2 nitrogen and oxygen atoms in total. The van der Waals surface area contributed by atoms with Crippen molar-refractivity contribution in [2.75, 3.05) is 5.32 Å². The third-order valence-electron chi connectivity index (χ3n) is 4.25. The van der Waals surface area contributed by atoms with Crippen LogP contribution in [0.15, 0.2) is 59.1 Å². The molecule has 1 N–H and O–H groups in total. The largest absolute Gasteiger partial charge is 0.457 e. The predicted molar refractivity (Wildman–Crippen MR) is 109 cm³/mol. The first-order chi connectivity index (χ1) is 11.9. The van der Waals surface area contributed by atoms with E-state index in [1.165, 1.54) is 11.1 Å². The summed E-state index contributed by atoms with van der Waals surface area (Å²) in [5.41, 5.74) is 6.83. The lowest BCUT2D eigenvalue weighted by Gasteiger charge is -2.16. The molecule has 0 saturated heterocycles. The average Bonchev–Trinajstić information content (AvgIpc) is 2.54. The first-order valence-corrected chi connectivity index (χ1v) is 9.11. The van der Waals surface area contributed by atoms with Crippen molar-refractivity contribution in [2.24, 2.45) is 0 Å². The lowest BCUT2D eigenvalue weighted by Crippen LogP contribution is -1.97. The summed E-state index contributed by atoms with van der Waals surface area (Å²) in [7, 11) is 0. The van der Waals surface area contributed by atoms with Crippen LogP contribution in [0.1, 0.15) is 22.3 Å². The molecule has 0 aliphatic rings.